The van der Waals surface area contributed by atoms with Gasteiger partial charge in [0.1, 0.15) is 5.78 Å². The maximum atomic E-state index is 12.9. The second kappa shape index (κ2) is 6.12. The van der Waals surface area contributed by atoms with Crippen LogP contribution in [-0.2, 0) is 14.3 Å². The lowest BCUT2D eigenvalue weighted by Gasteiger charge is -2.39. The van der Waals surface area contributed by atoms with Crippen molar-refractivity contribution in [1.29, 1.82) is 0 Å². The number of Topliss-reactive ketones (excluding diaryl/α,β-unsaturated/α-hetero) is 1. The Morgan fingerprint density at radius 1 is 1.20 bits per heavy atom. The molecule has 0 aromatic rings. The molecule has 4 heteroatoms. The van der Waals surface area contributed by atoms with Crippen LogP contribution in [0, 0.1) is 17.8 Å². The molecule has 0 amide bonds. The first-order valence-electron chi connectivity index (χ1n) is 8.20. The summed E-state index contributed by atoms with van der Waals surface area (Å²) in [7, 11) is 0. The van der Waals surface area contributed by atoms with Gasteiger partial charge in [0.2, 0.25) is 0 Å². The third-order valence-corrected chi connectivity index (χ3v) is 5.54. The molecule has 4 unspecified atom stereocenters. The van der Waals surface area contributed by atoms with Crippen molar-refractivity contribution in [2.24, 2.45) is 23.5 Å². The maximum absolute atomic E-state index is 12.9. The molecule has 3 fully saturated rings. The van der Waals surface area contributed by atoms with E-state index in [-0.39, 0.29) is 17.4 Å². The smallest absolute Gasteiger partial charge is 0.139 e. The molecule has 20 heavy (non-hydrogen) atoms. The fourth-order valence-electron chi connectivity index (χ4n) is 4.30. The van der Waals surface area contributed by atoms with Crippen LogP contribution in [0.1, 0.15) is 44.9 Å². The lowest BCUT2D eigenvalue weighted by molar-refractivity contribution is -0.143. The zero-order chi connectivity index (χ0) is 14.0. The van der Waals surface area contributed by atoms with Gasteiger partial charge in [-0.05, 0) is 38.1 Å². The van der Waals surface area contributed by atoms with Crippen LogP contribution < -0.4 is 5.73 Å². The van der Waals surface area contributed by atoms with Gasteiger partial charge in [-0.15, -0.1) is 0 Å². The van der Waals surface area contributed by atoms with Gasteiger partial charge in [0.05, 0.1) is 12.2 Å². The van der Waals surface area contributed by atoms with Gasteiger partial charge in [-0.1, -0.05) is 12.8 Å². The van der Waals surface area contributed by atoms with E-state index in [0.29, 0.717) is 31.5 Å². The lowest BCUT2D eigenvalue weighted by atomic mass is 9.71. The largest absolute Gasteiger partial charge is 0.378 e. The summed E-state index contributed by atoms with van der Waals surface area (Å²) in [4.78, 5) is 12.9. The molecule has 3 rings (SSSR count). The molecule has 2 saturated heterocycles. The van der Waals surface area contributed by atoms with Crippen molar-refractivity contribution in [1.82, 2.24) is 0 Å². The first-order chi connectivity index (χ1) is 9.74. The molecule has 0 aromatic carbocycles. The monoisotopic (exact) mass is 281 g/mol. The van der Waals surface area contributed by atoms with Gasteiger partial charge >= 0.3 is 0 Å². The summed E-state index contributed by atoms with van der Waals surface area (Å²) in [5.74, 6) is 1.25. The van der Waals surface area contributed by atoms with Gasteiger partial charge in [-0.3, -0.25) is 4.79 Å². The van der Waals surface area contributed by atoms with Crippen molar-refractivity contribution in [2.75, 3.05) is 26.4 Å². The number of ether oxygens (including phenoxy) is 2. The molecule has 0 aromatic heterocycles. The normalized spacial score (nSPS) is 42.0. The maximum Gasteiger partial charge on any atom is 0.139 e. The lowest BCUT2D eigenvalue weighted by Crippen LogP contribution is -2.45. The van der Waals surface area contributed by atoms with Crippen molar-refractivity contribution in [3.05, 3.63) is 0 Å². The van der Waals surface area contributed by atoms with Crippen molar-refractivity contribution in [3.8, 4) is 0 Å². The molecular weight excluding hydrogens is 254 g/mol. The predicted molar refractivity (Wildman–Crippen MR) is 76.4 cm³/mol. The molecule has 1 aliphatic carbocycles. The summed E-state index contributed by atoms with van der Waals surface area (Å²) in [6, 6.07) is 0. The Hall–Kier alpha value is -0.450. The Bertz CT molecular complexity index is 352. The zero-order valence-corrected chi connectivity index (χ0v) is 12.3. The van der Waals surface area contributed by atoms with Crippen molar-refractivity contribution in [3.63, 3.8) is 0 Å². The third-order valence-electron chi connectivity index (χ3n) is 5.54. The first-order valence-corrected chi connectivity index (χ1v) is 8.20. The number of ketones is 1. The van der Waals surface area contributed by atoms with E-state index in [1.807, 2.05) is 0 Å². The second-order valence-corrected chi connectivity index (χ2v) is 6.81. The van der Waals surface area contributed by atoms with Crippen LogP contribution in [-0.4, -0.2) is 37.7 Å². The Morgan fingerprint density at radius 3 is 2.80 bits per heavy atom. The summed E-state index contributed by atoms with van der Waals surface area (Å²) in [6.07, 6.45) is 7.28. The molecule has 1 spiro atoms. The van der Waals surface area contributed by atoms with Gasteiger partial charge in [0.15, 0.2) is 0 Å². The summed E-state index contributed by atoms with van der Waals surface area (Å²) in [5, 5.41) is 0. The van der Waals surface area contributed by atoms with Crippen molar-refractivity contribution >= 4 is 5.78 Å². The fraction of sp³-hybridized carbons (Fsp3) is 0.938. The standard InChI is InChI=1S/C16H27NO3/c17-10-13-3-1-2-4-14(13)15(18)12-5-7-20-16(9-12)6-8-19-11-16/h12-14H,1-11,17H2. The Morgan fingerprint density at radius 2 is 2.05 bits per heavy atom. The van der Waals surface area contributed by atoms with Crippen LogP contribution in [0.15, 0.2) is 0 Å². The highest BCUT2D eigenvalue weighted by atomic mass is 16.6. The second-order valence-electron chi connectivity index (χ2n) is 6.81. The minimum atomic E-state index is -0.161. The molecule has 2 aliphatic heterocycles. The van der Waals surface area contributed by atoms with Crippen LogP contribution in [0.25, 0.3) is 0 Å². The highest BCUT2D eigenvalue weighted by Crippen LogP contribution is 2.40. The Balaban J connectivity index is 1.66. The SMILES string of the molecule is NCC1CCCCC1C(=O)C1CCOC2(CCOC2)C1. The van der Waals surface area contributed by atoms with Crippen LogP contribution in [0.5, 0.6) is 0 Å². The van der Waals surface area contributed by atoms with Crippen LogP contribution in [0.3, 0.4) is 0 Å². The molecular formula is C16H27NO3. The zero-order valence-electron chi connectivity index (χ0n) is 12.3. The van der Waals surface area contributed by atoms with Crippen LogP contribution in [0.4, 0.5) is 0 Å². The minimum Gasteiger partial charge on any atom is -0.378 e. The average Bonchev–Trinajstić information content (AvgIpc) is 2.94. The molecule has 0 bridgehead atoms. The average molecular weight is 281 g/mol. The third kappa shape index (κ3) is 2.78. The molecule has 2 N–H and O–H groups in total. The van der Waals surface area contributed by atoms with Crippen molar-refractivity contribution < 1.29 is 14.3 Å². The number of hydrogen-bond donors (Lipinski definition) is 1. The van der Waals surface area contributed by atoms with E-state index in [1.165, 1.54) is 12.8 Å². The van der Waals surface area contributed by atoms with Crippen molar-refractivity contribution in [2.45, 2.75) is 50.5 Å². The van der Waals surface area contributed by atoms with E-state index in [9.17, 15) is 4.79 Å². The van der Waals surface area contributed by atoms with Crippen LogP contribution in [0.2, 0.25) is 0 Å². The Labute approximate surface area is 121 Å². The predicted octanol–water partition coefficient (Wildman–Crippen LogP) is 1.91. The number of hydrogen-bond acceptors (Lipinski definition) is 4. The molecule has 1 saturated carbocycles. The van der Waals surface area contributed by atoms with Crippen LogP contribution >= 0.6 is 0 Å². The van der Waals surface area contributed by atoms with E-state index in [2.05, 4.69) is 0 Å². The molecule has 114 valence electrons. The van der Waals surface area contributed by atoms with E-state index in [4.69, 9.17) is 15.2 Å². The fourth-order valence-corrected chi connectivity index (χ4v) is 4.30. The number of nitrogens with two attached hydrogens (primary N) is 1. The van der Waals surface area contributed by atoms with E-state index in [1.54, 1.807) is 0 Å². The quantitative estimate of drug-likeness (QED) is 0.858. The number of rotatable bonds is 3. The summed E-state index contributed by atoms with van der Waals surface area (Å²) >= 11 is 0. The van der Waals surface area contributed by atoms with Gasteiger partial charge in [0, 0.05) is 31.5 Å². The molecule has 2 heterocycles. The molecule has 4 atom stereocenters. The highest BCUT2D eigenvalue weighted by molar-refractivity contribution is 5.84. The highest BCUT2D eigenvalue weighted by Gasteiger charge is 2.45. The minimum absolute atomic E-state index is 0.161. The van der Waals surface area contributed by atoms with E-state index >= 15 is 0 Å². The van der Waals surface area contributed by atoms with E-state index < -0.39 is 0 Å². The van der Waals surface area contributed by atoms with Gasteiger partial charge in [0.25, 0.3) is 0 Å². The molecule has 0 radical (unpaired) electrons. The van der Waals surface area contributed by atoms with Gasteiger partial charge in [-0.2, -0.15) is 0 Å². The van der Waals surface area contributed by atoms with Gasteiger partial charge < -0.3 is 15.2 Å². The molecule has 4 nitrogen and oxygen atoms in total. The topological polar surface area (TPSA) is 61.6 Å². The Kier molecular flexibility index (Phi) is 4.43. The molecule has 3 aliphatic rings. The first kappa shape index (κ1) is 14.5. The van der Waals surface area contributed by atoms with Gasteiger partial charge in [-0.25, -0.2) is 0 Å². The summed E-state index contributed by atoms with van der Waals surface area (Å²) < 4.78 is 11.4. The summed E-state index contributed by atoms with van der Waals surface area (Å²) in [6.45, 7) is 2.81. The summed E-state index contributed by atoms with van der Waals surface area (Å²) in [5.41, 5.74) is 5.72. The number of carbonyl (C=O) groups is 1. The van der Waals surface area contributed by atoms with E-state index in [0.717, 1.165) is 38.7 Å². The number of carbonyl (C=O) groups excluding carboxylic acids is 1.